The molecule has 2 aliphatic carbocycles. The number of urea groups is 1. The molecule has 11 heteroatoms. The molecule has 0 bridgehead atoms. The second kappa shape index (κ2) is 8.13. The summed E-state index contributed by atoms with van der Waals surface area (Å²) < 4.78 is 24.6. The Bertz CT molecular complexity index is 1160. The maximum Gasteiger partial charge on any atom is 0.354 e. The number of hydrogen-bond acceptors (Lipinski definition) is 6. The molecule has 2 unspecified atom stereocenters. The zero-order valence-corrected chi connectivity index (χ0v) is 19.3. The van der Waals surface area contributed by atoms with Gasteiger partial charge in [0.1, 0.15) is 4.90 Å². The van der Waals surface area contributed by atoms with Crippen LogP contribution in [-0.4, -0.2) is 57.2 Å². The van der Waals surface area contributed by atoms with E-state index in [-0.39, 0.29) is 10.8 Å². The van der Waals surface area contributed by atoms with Crippen molar-refractivity contribution in [3.8, 4) is 5.88 Å². The second-order valence-electron chi connectivity index (χ2n) is 9.07. The van der Waals surface area contributed by atoms with Crippen molar-refractivity contribution in [2.24, 2.45) is 15.4 Å². The van der Waals surface area contributed by atoms with Gasteiger partial charge in [-0.2, -0.15) is 5.10 Å². The third kappa shape index (κ3) is 3.89. The van der Waals surface area contributed by atoms with Gasteiger partial charge in [-0.3, -0.25) is 4.98 Å². The summed E-state index contributed by atoms with van der Waals surface area (Å²) in [6, 6.07) is -0.715. The maximum absolute atomic E-state index is 13.2. The van der Waals surface area contributed by atoms with Gasteiger partial charge >= 0.3 is 6.03 Å². The SMILES string of the molecule is CN(C)CC1COc2c(S(N)(=O)=NC(=O)Nc3c4c(nc5c3CCC5)CCC4)cnn2C1. The van der Waals surface area contributed by atoms with Crippen molar-refractivity contribution < 1.29 is 13.7 Å². The van der Waals surface area contributed by atoms with E-state index in [1.165, 1.54) is 6.20 Å². The summed E-state index contributed by atoms with van der Waals surface area (Å²) in [6.45, 7) is 1.94. The highest BCUT2D eigenvalue weighted by Crippen LogP contribution is 2.37. The summed E-state index contributed by atoms with van der Waals surface area (Å²) in [6.07, 6.45) is 7.04. The molecule has 32 heavy (non-hydrogen) atoms. The number of amides is 2. The van der Waals surface area contributed by atoms with Crippen LogP contribution in [0.5, 0.6) is 5.88 Å². The van der Waals surface area contributed by atoms with Crippen LogP contribution < -0.4 is 15.2 Å². The van der Waals surface area contributed by atoms with Gasteiger partial charge in [-0.1, -0.05) is 0 Å². The Morgan fingerprint density at radius 1 is 1.28 bits per heavy atom. The van der Waals surface area contributed by atoms with E-state index < -0.39 is 15.9 Å². The molecule has 0 saturated heterocycles. The van der Waals surface area contributed by atoms with E-state index in [9.17, 15) is 9.00 Å². The molecule has 2 aromatic heterocycles. The van der Waals surface area contributed by atoms with Gasteiger partial charge in [0.25, 0.3) is 0 Å². The molecule has 3 N–H and O–H groups in total. The molecule has 3 heterocycles. The van der Waals surface area contributed by atoms with Crippen LogP contribution in [0, 0.1) is 5.92 Å². The predicted molar refractivity (Wildman–Crippen MR) is 120 cm³/mol. The maximum atomic E-state index is 13.2. The average molecular weight is 460 g/mol. The normalized spacial score (nSPS) is 20.8. The zero-order valence-electron chi connectivity index (χ0n) is 18.5. The Morgan fingerprint density at radius 3 is 2.62 bits per heavy atom. The van der Waals surface area contributed by atoms with Crippen molar-refractivity contribution in [1.82, 2.24) is 19.7 Å². The topological polar surface area (TPSA) is 128 Å². The number of ether oxygens (including phenoxy) is 1. The first-order valence-corrected chi connectivity index (χ1v) is 12.6. The number of pyridine rings is 1. The molecule has 3 aliphatic rings. The molecule has 2 amide bonds. The molecule has 1 aliphatic heterocycles. The molecular formula is C21H29N7O3S. The largest absolute Gasteiger partial charge is 0.476 e. The Labute approximate surface area is 187 Å². The minimum Gasteiger partial charge on any atom is -0.476 e. The molecule has 0 aromatic carbocycles. The highest BCUT2D eigenvalue weighted by molar-refractivity contribution is 7.91. The number of rotatable bonds is 4. The molecule has 0 radical (unpaired) electrons. The van der Waals surface area contributed by atoms with Crippen molar-refractivity contribution in [2.75, 3.05) is 32.6 Å². The standard InChI is InChI=1S/C21H29N7O3S/c1-27(2)10-13-11-28-20(31-12-13)18(9-23-28)32(22,30)26-21(29)25-19-14-5-3-7-16(14)24-17-8-4-6-15(17)19/h9,13H,3-8,10-12H2,1-2H3,(H3,22,24,25,26,29,30). The molecule has 0 saturated carbocycles. The monoisotopic (exact) mass is 459 g/mol. The quantitative estimate of drug-likeness (QED) is 0.717. The number of nitrogens with one attached hydrogen (secondary N) is 1. The highest BCUT2D eigenvalue weighted by Gasteiger charge is 2.29. The Morgan fingerprint density at radius 2 is 1.97 bits per heavy atom. The third-order valence-corrected chi connectivity index (χ3v) is 7.63. The minimum absolute atomic E-state index is 0.154. The fraction of sp³-hybridized carbons (Fsp3) is 0.571. The number of carbonyl (C=O) groups is 1. The predicted octanol–water partition coefficient (Wildman–Crippen LogP) is 1.76. The van der Waals surface area contributed by atoms with E-state index in [0.29, 0.717) is 19.0 Å². The third-order valence-electron chi connectivity index (χ3n) is 6.29. The first-order chi connectivity index (χ1) is 15.3. The van der Waals surface area contributed by atoms with Gasteiger partial charge in [0, 0.05) is 23.9 Å². The van der Waals surface area contributed by atoms with Crippen LogP contribution >= 0.6 is 0 Å². The number of nitrogens with zero attached hydrogens (tertiary/aromatic N) is 5. The summed E-state index contributed by atoms with van der Waals surface area (Å²) in [4.78, 5) is 19.9. The molecular weight excluding hydrogens is 430 g/mol. The first-order valence-electron chi connectivity index (χ1n) is 11.0. The number of carbonyl (C=O) groups excluding carboxylic acids is 1. The molecule has 0 fully saturated rings. The van der Waals surface area contributed by atoms with Crippen molar-refractivity contribution in [3.05, 3.63) is 28.7 Å². The summed E-state index contributed by atoms with van der Waals surface area (Å²) in [5.74, 6) is 0.588. The van der Waals surface area contributed by atoms with Crippen LogP contribution in [0.3, 0.4) is 0 Å². The van der Waals surface area contributed by atoms with Gasteiger partial charge < -0.3 is 15.0 Å². The van der Waals surface area contributed by atoms with Gasteiger partial charge in [-0.25, -0.2) is 18.8 Å². The Hall–Kier alpha value is -2.50. The molecule has 10 nitrogen and oxygen atoms in total. The number of aromatic nitrogens is 3. The average Bonchev–Trinajstić information content (AvgIpc) is 3.45. The van der Waals surface area contributed by atoms with Crippen LogP contribution in [0.2, 0.25) is 0 Å². The van der Waals surface area contributed by atoms with Crippen molar-refractivity contribution in [2.45, 2.75) is 50.0 Å². The zero-order chi connectivity index (χ0) is 22.5. The summed E-state index contributed by atoms with van der Waals surface area (Å²) in [5, 5.41) is 13.2. The van der Waals surface area contributed by atoms with Gasteiger partial charge in [0.15, 0.2) is 9.92 Å². The van der Waals surface area contributed by atoms with Crippen LogP contribution in [0.25, 0.3) is 0 Å². The lowest BCUT2D eigenvalue weighted by Gasteiger charge is -2.26. The smallest absolute Gasteiger partial charge is 0.354 e. The first kappa shape index (κ1) is 21.4. The van der Waals surface area contributed by atoms with Crippen molar-refractivity contribution in [1.29, 1.82) is 0 Å². The molecule has 2 aromatic rings. The lowest BCUT2D eigenvalue weighted by Crippen LogP contribution is -2.34. The van der Waals surface area contributed by atoms with Crippen LogP contribution in [-0.2, 0) is 42.1 Å². The second-order valence-corrected chi connectivity index (χ2v) is 10.8. The summed E-state index contributed by atoms with van der Waals surface area (Å²) in [5.41, 5.74) is 5.07. The van der Waals surface area contributed by atoms with Gasteiger partial charge in [-0.05, 0) is 63.7 Å². The number of fused-ring (bicyclic) bond motifs is 3. The minimum atomic E-state index is -3.52. The lowest BCUT2D eigenvalue weighted by atomic mass is 10.1. The van der Waals surface area contributed by atoms with Crippen LogP contribution in [0.1, 0.15) is 35.4 Å². The summed E-state index contributed by atoms with van der Waals surface area (Å²) >= 11 is 0. The van der Waals surface area contributed by atoms with Gasteiger partial charge in [-0.15, -0.1) is 4.36 Å². The fourth-order valence-corrected chi connectivity index (χ4v) is 6.00. The van der Waals surface area contributed by atoms with Crippen molar-refractivity contribution in [3.63, 3.8) is 0 Å². The van der Waals surface area contributed by atoms with Crippen LogP contribution in [0.15, 0.2) is 15.5 Å². The highest BCUT2D eigenvalue weighted by atomic mass is 32.2. The Kier molecular flexibility index (Phi) is 5.42. The van der Waals surface area contributed by atoms with Crippen molar-refractivity contribution >= 4 is 21.6 Å². The molecule has 0 spiro atoms. The lowest BCUT2D eigenvalue weighted by molar-refractivity contribution is 0.136. The van der Waals surface area contributed by atoms with Gasteiger partial charge in [0.05, 0.1) is 25.0 Å². The van der Waals surface area contributed by atoms with Crippen LogP contribution in [0.4, 0.5) is 10.5 Å². The number of nitrogens with two attached hydrogens (primary N) is 1. The number of anilines is 1. The van der Waals surface area contributed by atoms with E-state index in [0.717, 1.165) is 73.3 Å². The number of hydrogen-bond donors (Lipinski definition) is 2. The molecule has 2 atom stereocenters. The van der Waals surface area contributed by atoms with Gasteiger partial charge in [0.2, 0.25) is 5.88 Å². The summed E-state index contributed by atoms with van der Waals surface area (Å²) in [7, 11) is 0.486. The Balaban J connectivity index is 1.41. The van der Waals surface area contributed by atoms with E-state index in [1.54, 1.807) is 4.68 Å². The van der Waals surface area contributed by atoms with E-state index in [1.807, 2.05) is 14.1 Å². The fourth-order valence-electron chi connectivity index (χ4n) is 4.99. The number of aryl methyl sites for hydroxylation is 2. The molecule has 172 valence electrons. The van der Waals surface area contributed by atoms with E-state index >= 15 is 0 Å². The van der Waals surface area contributed by atoms with E-state index in [2.05, 4.69) is 19.7 Å². The molecule has 5 rings (SSSR count). The van der Waals surface area contributed by atoms with E-state index in [4.69, 9.17) is 14.9 Å².